The molecule has 0 spiro atoms. The fraction of sp³-hybridized carbons (Fsp3) is 0.208. The zero-order valence-corrected chi connectivity index (χ0v) is 17.3. The quantitative estimate of drug-likeness (QED) is 0.624. The highest BCUT2D eigenvalue weighted by molar-refractivity contribution is 6.04. The van der Waals surface area contributed by atoms with Crippen molar-refractivity contribution in [2.45, 2.75) is 33.4 Å². The van der Waals surface area contributed by atoms with E-state index in [1.54, 1.807) is 43.6 Å². The molecule has 0 aliphatic carbocycles. The molecule has 2 amide bonds. The lowest BCUT2D eigenvalue weighted by Gasteiger charge is -2.17. The number of pyridine rings is 1. The van der Waals surface area contributed by atoms with Crippen molar-refractivity contribution in [2.24, 2.45) is 0 Å². The Hall–Kier alpha value is -3.67. The Labute approximate surface area is 176 Å². The van der Waals surface area contributed by atoms with Gasteiger partial charge in [-0.15, -0.1) is 0 Å². The first-order valence-corrected chi connectivity index (χ1v) is 9.74. The highest BCUT2D eigenvalue weighted by Crippen LogP contribution is 2.19. The molecule has 0 bridgehead atoms. The maximum atomic E-state index is 12.7. The van der Waals surface area contributed by atoms with Gasteiger partial charge in [0.1, 0.15) is 5.75 Å². The van der Waals surface area contributed by atoms with E-state index in [9.17, 15) is 9.59 Å². The van der Waals surface area contributed by atoms with Gasteiger partial charge in [-0.25, -0.2) is 0 Å². The number of carbonyl (C=O) groups excluding carboxylic acids is 2. The van der Waals surface area contributed by atoms with Crippen LogP contribution in [0.2, 0.25) is 0 Å². The standard InChI is InChI=1S/C24H25N3O3/c1-16-11-17(2)13-20(12-16)30-18(3)23(28)27-22-9-5-4-8-21(22)24(29)26-15-19-7-6-10-25-14-19/h4-14,18H,15H2,1-3H3,(H,26,29)(H,27,28)/t18-/m0/s1. The molecule has 0 aliphatic heterocycles. The number of amides is 2. The predicted molar refractivity (Wildman–Crippen MR) is 116 cm³/mol. The molecule has 154 valence electrons. The normalized spacial score (nSPS) is 11.4. The van der Waals surface area contributed by atoms with Gasteiger partial charge in [-0.1, -0.05) is 24.3 Å². The summed E-state index contributed by atoms with van der Waals surface area (Å²) >= 11 is 0. The molecule has 0 aliphatic rings. The number of para-hydroxylation sites is 1. The first-order chi connectivity index (χ1) is 14.4. The largest absolute Gasteiger partial charge is 0.481 e. The number of benzene rings is 2. The van der Waals surface area contributed by atoms with Gasteiger partial charge in [0.25, 0.3) is 11.8 Å². The van der Waals surface area contributed by atoms with Gasteiger partial charge in [0.15, 0.2) is 6.10 Å². The number of anilines is 1. The molecule has 0 unspecified atom stereocenters. The van der Waals surface area contributed by atoms with Crippen molar-refractivity contribution in [3.63, 3.8) is 0 Å². The molecule has 1 atom stereocenters. The van der Waals surface area contributed by atoms with Crippen molar-refractivity contribution in [3.05, 3.63) is 89.2 Å². The molecule has 30 heavy (non-hydrogen) atoms. The number of aryl methyl sites for hydroxylation is 2. The zero-order chi connectivity index (χ0) is 21.5. The topological polar surface area (TPSA) is 80.3 Å². The van der Waals surface area contributed by atoms with Crippen LogP contribution in [-0.2, 0) is 11.3 Å². The Morgan fingerprint density at radius 2 is 1.77 bits per heavy atom. The van der Waals surface area contributed by atoms with Crippen molar-refractivity contribution >= 4 is 17.5 Å². The molecule has 0 saturated carbocycles. The minimum absolute atomic E-state index is 0.280. The van der Waals surface area contributed by atoms with E-state index in [-0.39, 0.29) is 11.8 Å². The third kappa shape index (κ3) is 5.67. The van der Waals surface area contributed by atoms with Crippen LogP contribution in [0.5, 0.6) is 5.75 Å². The first kappa shape index (κ1) is 21.0. The van der Waals surface area contributed by atoms with Crippen molar-refractivity contribution in [2.75, 3.05) is 5.32 Å². The van der Waals surface area contributed by atoms with Gasteiger partial charge in [-0.05, 0) is 67.8 Å². The zero-order valence-electron chi connectivity index (χ0n) is 17.3. The molecule has 6 heteroatoms. The summed E-state index contributed by atoms with van der Waals surface area (Å²) in [5.41, 5.74) is 3.83. The van der Waals surface area contributed by atoms with Crippen molar-refractivity contribution in [1.29, 1.82) is 0 Å². The summed E-state index contributed by atoms with van der Waals surface area (Å²) in [7, 11) is 0. The predicted octanol–water partition coefficient (Wildman–Crippen LogP) is 4.03. The van der Waals surface area contributed by atoms with Crippen LogP contribution in [0.4, 0.5) is 5.69 Å². The second-order valence-corrected chi connectivity index (χ2v) is 7.16. The van der Waals surface area contributed by atoms with Crippen LogP contribution in [-0.4, -0.2) is 22.9 Å². The molecular weight excluding hydrogens is 378 g/mol. The van der Waals surface area contributed by atoms with E-state index in [0.717, 1.165) is 16.7 Å². The lowest BCUT2D eigenvalue weighted by atomic mass is 10.1. The second kappa shape index (κ2) is 9.69. The third-order valence-corrected chi connectivity index (χ3v) is 4.48. The Morgan fingerprint density at radius 1 is 1.03 bits per heavy atom. The molecule has 1 aromatic heterocycles. The van der Waals surface area contributed by atoms with E-state index in [4.69, 9.17) is 4.74 Å². The SMILES string of the molecule is Cc1cc(C)cc(O[C@@H](C)C(=O)Nc2ccccc2C(=O)NCc2cccnc2)c1. The Bertz CT molecular complexity index is 1010. The van der Waals surface area contributed by atoms with Crippen molar-refractivity contribution in [1.82, 2.24) is 10.3 Å². The van der Waals surface area contributed by atoms with Gasteiger partial charge in [0, 0.05) is 18.9 Å². The van der Waals surface area contributed by atoms with E-state index in [1.165, 1.54) is 0 Å². The summed E-state index contributed by atoms with van der Waals surface area (Å²) in [6.45, 7) is 5.98. The molecule has 3 aromatic rings. The summed E-state index contributed by atoms with van der Waals surface area (Å²) in [6, 6.07) is 16.4. The molecular formula is C24H25N3O3. The summed E-state index contributed by atoms with van der Waals surface area (Å²) in [5.74, 6) is 0.0250. The van der Waals surface area contributed by atoms with E-state index in [1.807, 2.05) is 44.2 Å². The highest BCUT2D eigenvalue weighted by Gasteiger charge is 2.18. The molecule has 2 N–H and O–H groups in total. The lowest BCUT2D eigenvalue weighted by Crippen LogP contribution is -2.31. The minimum Gasteiger partial charge on any atom is -0.481 e. The number of ether oxygens (including phenoxy) is 1. The molecule has 2 aromatic carbocycles. The first-order valence-electron chi connectivity index (χ1n) is 9.74. The molecule has 0 radical (unpaired) electrons. The number of nitrogens with one attached hydrogen (secondary N) is 2. The summed E-state index contributed by atoms with van der Waals surface area (Å²) in [4.78, 5) is 29.3. The Morgan fingerprint density at radius 3 is 2.47 bits per heavy atom. The second-order valence-electron chi connectivity index (χ2n) is 7.16. The third-order valence-electron chi connectivity index (χ3n) is 4.48. The highest BCUT2D eigenvalue weighted by atomic mass is 16.5. The monoisotopic (exact) mass is 403 g/mol. The summed E-state index contributed by atoms with van der Waals surface area (Å²) < 4.78 is 5.80. The van der Waals surface area contributed by atoms with Crippen LogP contribution < -0.4 is 15.4 Å². The summed E-state index contributed by atoms with van der Waals surface area (Å²) in [6.07, 6.45) is 2.65. The van der Waals surface area contributed by atoms with Crippen LogP contribution in [0.15, 0.2) is 67.0 Å². The van der Waals surface area contributed by atoms with Crippen molar-refractivity contribution in [3.8, 4) is 5.75 Å². The molecule has 6 nitrogen and oxygen atoms in total. The van der Waals surface area contributed by atoms with Crippen LogP contribution in [0.25, 0.3) is 0 Å². The molecule has 1 heterocycles. The number of rotatable bonds is 7. The Kier molecular flexibility index (Phi) is 6.80. The van der Waals surface area contributed by atoms with Gasteiger partial charge < -0.3 is 15.4 Å². The fourth-order valence-corrected chi connectivity index (χ4v) is 3.06. The molecule has 3 rings (SSSR count). The van der Waals surface area contributed by atoms with Gasteiger partial charge in [-0.3, -0.25) is 14.6 Å². The smallest absolute Gasteiger partial charge is 0.265 e. The van der Waals surface area contributed by atoms with Gasteiger partial charge in [-0.2, -0.15) is 0 Å². The van der Waals surface area contributed by atoms with E-state index in [0.29, 0.717) is 23.5 Å². The minimum atomic E-state index is -0.724. The number of hydrogen-bond acceptors (Lipinski definition) is 4. The fourth-order valence-electron chi connectivity index (χ4n) is 3.06. The van der Waals surface area contributed by atoms with Gasteiger partial charge in [0.05, 0.1) is 11.3 Å². The van der Waals surface area contributed by atoms with Crippen LogP contribution >= 0.6 is 0 Å². The van der Waals surface area contributed by atoms with E-state index >= 15 is 0 Å². The molecule has 0 saturated heterocycles. The number of nitrogens with zero attached hydrogens (tertiary/aromatic N) is 1. The average molecular weight is 403 g/mol. The number of aromatic nitrogens is 1. The van der Waals surface area contributed by atoms with Gasteiger partial charge >= 0.3 is 0 Å². The van der Waals surface area contributed by atoms with Crippen LogP contribution in [0.1, 0.15) is 34.0 Å². The maximum absolute atomic E-state index is 12.7. The van der Waals surface area contributed by atoms with Crippen LogP contribution in [0, 0.1) is 13.8 Å². The number of carbonyl (C=O) groups is 2. The lowest BCUT2D eigenvalue weighted by molar-refractivity contribution is -0.122. The van der Waals surface area contributed by atoms with Gasteiger partial charge in [0.2, 0.25) is 0 Å². The van der Waals surface area contributed by atoms with E-state index in [2.05, 4.69) is 15.6 Å². The number of hydrogen-bond donors (Lipinski definition) is 2. The van der Waals surface area contributed by atoms with Crippen LogP contribution in [0.3, 0.4) is 0 Å². The van der Waals surface area contributed by atoms with E-state index < -0.39 is 6.10 Å². The van der Waals surface area contributed by atoms with Crippen molar-refractivity contribution < 1.29 is 14.3 Å². The average Bonchev–Trinajstić information content (AvgIpc) is 2.72. The maximum Gasteiger partial charge on any atom is 0.265 e. The Balaban J connectivity index is 1.65. The summed E-state index contributed by atoms with van der Waals surface area (Å²) in [5, 5.41) is 5.65. The molecule has 0 fully saturated rings.